The van der Waals surface area contributed by atoms with Gasteiger partial charge < -0.3 is 9.47 Å². The summed E-state index contributed by atoms with van der Waals surface area (Å²) in [6, 6.07) is 15.5. The molecule has 5 heteroatoms. The van der Waals surface area contributed by atoms with Gasteiger partial charge >= 0.3 is 0 Å². The lowest BCUT2D eigenvalue weighted by Crippen LogP contribution is -2.30. The van der Waals surface area contributed by atoms with E-state index in [0.29, 0.717) is 41.9 Å². The summed E-state index contributed by atoms with van der Waals surface area (Å²) < 4.78 is 56.6. The first-order valence-electron chi connectivity index (χ1n) is 15.2. The summed E-state index contributed by atoms with van der Waals surface area (Å²) in [5, 5.41) is 0. The Hall–Kier alpha value is -2.89. The summed E-state index contributed by atoms with van der Waals surface area (Å²) in [5.74, 6) is -1.96. The fourth-order valence-electron chi connectivity index (χ4n) is 5.46. The van der Waals surface area contributed by atoms with Gasteiger partial charge in [0.25, 0.3) is 0 Å². The van der Waals surface area contributed by atoms with Gasteiger partial charge in [0.2, 0.25) is 0 Å². The topological polar surface area (TPSA) is 18.5 Å². The molecule has 2 nitrogen and oxygen atoms in total. The highest BCUT2D eigenvalue weighted by Crippen LogP contribution is 2.32. The zero-order chi connectivity index (χ0) is 29.0. The Bertz CT molecular complexity index is 1250. The van der Waals surface area contributed by atoms with E-state index in [2.05, 4.69) is 13.5 Å². The van der Waals surface area contributed by atoms with Gasteiger partial charge in [0.05, 0.1) is 13.2 Å². The predicted molar refractivity (Wildman–Crippen MR) is 161 cm³/mol. The van der Waals surface area contributed by atoms with Crippen molar-refractivity contribution in [2.45, 2.75) is 89.8 Å². The van der Waals surface area contributed by atoms with Gasteiger partial charge in [-0.2, -0.15) is 0 Å². The molecule has 0 bridgehead atoms. The monoisotopic (exact) mass is 564 g/mol. The van der Waals surface area contributed by atoms with Crippen LogP contribution in [0.5, 0.6) is 0 Å². The average Bonchev–Trinajstić information content (AvgIpc) is 3.00. The maximum absolute atomic E-state index is 15.1. The van der Waals surface area contributed by atoms with Crippen LogP contribution in [0.3, 0.4) is 0 Å². The Labute approximate surface area is 243 Å². The van der Waals surface area contributed by atoms with Crippen molar-refractivity contribution in [3.63, 3.8) is 0 Å². The zero-order valence-electron chi connectivity index (χ0n) is 24.3. The summed E-state index contributed by atoms with van der Waals surface area (Å²) >= 11 is 0. The van der Waals surface area contributed by atoms with Gasteiger partial charge in [0, 0.05) is 23.5 Å². The Morgan fingerprint density at radius 3 is 2.00 bits per heavy atom. The molecule has 41 heavy (non-hydrogen) atoms. The van der Waals surface area contributed by atoms with Crippen LogP contribution in [0.1, 0.15) is 88.2 Å². The Balaban J connectivity index is 1.34. The standard InChI is InChI=1S/C36H43F3O2/c1-3-5-7-8-9-10-11-12-13-28-19-22-32(36(39)35(28)38)27-17-15-26(16-18-27)31-21-20-29(23-33(31)37)30-24-40-34(41-25-30)14-6-4-2/h4,15-23,30,34H,2-3,5-14,24-25H2,1H3. The molecule has 1 aliphatic heterocycles. The zero-order valence-corrected chi connectivity index (χ0v) is 24.3. The molecule has 220 valence electrons. The molecule has 4 rings (SSSR count). The molecule has 1 saturated heterocycles. The van der Waals surface area contributed by atoms with Crippen molar-refractivity contribution in [2.75, 3.05) is 13.2 Å². The van der Waals surface area contributed by atoms with Crippen LogP contribution in [0.4, 0.5) is 13.2 Å². The van der Waals surface area contributed by atoms with Crippen molar-refractivity contribution in [1.82, 2.24) is 0 Å². The maximum Gasteiger partial charge on any atom is 0.166 e. The van der Waals surface area contributed by atoms with Crippen molar-refractivity contribution in [3.05, 3.63) is 95.8 Å². The second-order valence-corrected chi connectivity index (χ2v) is 11.1. The lowest BCUT2D eigenvalue weighted by Gasteiger charge is -2.29. The lowest BCUT2D eigenvalue weighted by atomic mass is 9.94. The number of benzene rings is 3. The second kappa shape index (κ2) is 15.9. The number of hydrogen-bond acceptors (Lipinski definition) is 2. The van der Waals surface area contributed by atoms with Crippen LogP contribution in [-0.2, 0) is 15.9 Å². The number of ether oxygens (including phenoxy) is 2. The molecule has 3 aromatic carbocycles. The van der Waals surface area contributed by atoms with E-state index in [9.17, 15) is 4.39 Å². The fourth-order valence-corrected chi connectivity index (χ4v) is 5.46. The number of unbranched alkanes of at least 4 members (excludes halogenated alkanes) is 7. The van der Waals surface area contributed by atoms with Crippen molar-refractivity contribution in [3.8, 4) is 22.3 Å². The van der Waals surface area contributed by atoms with Crippen LogP contribution in [0.15, 0.2) is 67.3 Å². The van der Waals surface area contributed by atoms with Crippen LogP contribution in [0.2, 0.25) is 0 Å². The van der Waals surface area contributed by atoms with E-state index in [0.717, 1.165) is 37.7 Å². The van der Waals surface area contributed by atoms with Crippen molar-refractivity contribution in [2.24, 2.45) is 0 Å². The number of hydrogen-bond donors (Lipinski definition) is 0. The molecule has 0 unspecified atom stereocenters. The SMILES string of the molecule is C=CCCC1OCC(c2ccc(-c3ccc(-c4ccc(CCCCCCCCCC)c(F)c4F)cc3)c(F)c2)CO1. The van der Waals surface area contributed by atoms with E-state index in [1.165, 1.54) is 38.2 Å². The van der Waals surface area contributed by atoms with Crippen LogP contribution in [0.25, 0.3) is 22.3 Å². The van der Waals surface area contributed by atoms with Crippen molar-refractivity contribution >= 4 is 0 Å². The van der Waals surface area contributed by atoms with E-state index in [4.69, 9.17) is 9.47 Å². The Morgan fingerprint density at radius 2 is 1.37 bits per heavy atom. The molecule has 0 aromatic heterocycles. The summed E-state index contributed by atoms with van der Waals surface area (Å²) in [7, 11) is 0. The molecule has 0 spiro atoms. The minimum Gasteiger partial charge on any atom is -0.352 e. The van der Waals surface area contributed by atoms with Crippen molar-refractivity contribution in [1.29, 1.82) is 0 Å². The van der Waals surface area contributed by atoms with Crippen molar-refractivity contribution < 1.29 is 22.6 Å². The smallest absolute Gasteiger partial charge is 0.166 e. The Kier molecular flexibility index (Phi) is 12.1. The van der Waals surface area contributed by atoms with E-state index in [1.54, 1.807) is 42.5 Å². The first-order valence-corrected chi connectivity index (χ1v) is 15.2. The predicted octanol–water partition coefficient (Wildman–Crippen LogP) is 10.5. The molecule has 0 radical (unpaired) electrons. The molecule has 1 fully saturated rings. The molecule has 3 aromatic rings. The molecular formula is C36H43F3O2. The number of halogens is 3. The minimum atomic E-state index is -0.825. The molecule has 0 N–H and O–H groups in total. The quantitative estimate of drug-likeness (QED) is 0.135. The Morgan fingerprint density at radius 1 is 0.756 bits per heavy atom. The van der Waals surface area contributed by atoms with Crippen LogP contribution < -0.4 is 0 Å². The van der Waals surface area contributed by atoms with Gasteiger partial charge in [0.15, 0.2) is 17.9 Å². The van der Waals surface area contributed by atoms with Crippen LogP contribution in [0, 0.1) is 17.5 Å². The molecule has 0 aliphatic carbocycles. The molecule has 1 heterocycles. The fraction of sp³-hybridized carbons (Fsp3) is 0.444. The molecule has 1 aliphatic rings. The summed E-state index contributed by atoms with van der Waals surface area (Å²) in [6.07, 6.45) is 13.0. The largest absolute Gasteiger partial charge is 0.352 e. The normalized spacial score (nSPS) is 17.1. The summed E-state index contributed by atoms with van der Waals surface area (Å²) in [5.41, 5.74) is 3.16. The lowest BCUT2D eigenvalue weighted by molar-refractivity contribution is -0.189. The minimum absolute atomic E-state index is 0.0303. The van der Waals surface area contributed by atoms with Crippen LogP contribution in [-0.4, -0.2) is 19.5 Å². The van der Waals surface area contributed by atoms with Gasteiger partial charge in [-0.05, 0) is 47.6 Å². The maximum atomic E-state index is 15.1. The average molecular weight is 565 g/mol. The van der Waals surface area contributed by atoms with E-state index in [-0.39, 0.29) is 23.6 Å². The van der Waals surface area contributed by atoms with E-state index in [1.807, 2.05) is 12.1 Å². The van der Waals surface area contributed by atoms with Gasteiger partial charge in [0.1, 0.15) is 5.82 Å². The molecule has 0 saturated carbocycles. The third-order valence-corrected chi connectivity index (χ3v) is 8.01. The first kappa shape index (κ1) is 31.1. The van der Waals surface area contributed by atoms with Gasteiger partial charge in [-0.25, -0.2) is 13.2 Å². The highest BCUT2D eigenvalue weighted by Gasteiger charge is 2.24. The molecule has 0 atom stereocenters. The molecule has 0 amide bonds. The summed E-state index contributed by atoms with van der Waals surface area (Å²) in [6.45, 7) is 6.89. The third kappa shape index (κ3) is 8.56. The highest BCUT2D eigenvalue weighted by molar-refractivity contribution is 5.71. The number of rotatable bonds is 15. The summed E-state index contributed by atoms with van der Waals surface area (Å²) in [4.78, 5) is 0. The first-order chi connectivity index (χ1) is 20.0. The second-order valence-electron chi connectivity index (χ2n) is 11.1. The van der Waals surface area contributed by atoms with Crippen LogP contribution >= 0.6 is 0 Å². The van der Waals surface area contributed by atoms with E-state index >= 15 is 8.78 Å². The van der Waals surface area contributed by atoms with Gasteiger partial charge in [-0.1, -0.05) is 106 Å². The van der Waals surface area contributed by atoms with Gasteiger partial charge in [-0.15, -0.1) is 6.58 Å². The number of aryl methyl sites for hydroxylation is 1. The highest BCUT2D eigenvalue weighted by atomic mass is 19.2. The third-order valence-electron chi connectivity index (χ3n) is 8.01. The van der Waals surface area contributed by atoms with Gasteiger partial charge in [-0.3, -0.25) is 0 Å². The van der Waals surface area contributed by atoms with E-state index < -0.39 is 11.6 Å². The molecular weight excluding hydrogens is 521 g/mol. The number of allylic oxidation sites excluding steroid dienone is 1.